The number of anilines is 1. The normalized spacial score (nSPS) is 11.7. The van der Waals surface area contributed by atoms with Gasteiger partial charge in [0.2, 0.25) is 0 Å². The first kappa shape index (κ1) is 10.6. The monoisotopic (exact) mass is 241 g/mol. The molecule has 0 spiro atoms. The summed E-state index contributed by atoms with van der Waals surface area (Å²) in [4.78, 5) is 0. The van der Waals surface area contributed by atoms with Gasteiger partial charge >= 0.3 is 0 Å². The Morgan fingerprint density at radius 2 is 2.00 bits per heavy atom. The highest BCUT2D eigenvalue weighted by Crippen LogP contribution is 2.30. The van der Waals surface area contributed by atoms with Crippen LogP contribution in [0.4, 0.5) is 5.69 Å². The Kier molecular flexibility index (Phi) is 3.01. The first-order valence-corrected chi connectivity index (χ1v) is 5.32. The van der Waals surface area contributed by atoms with Gasteiger partial charge in [0.25, 0.3) is 0 Å². The maximum atomic E-state index is 5.73. The Hall–Kier alpha value is -0.500. The second-order valence-corrected chi connectivity index (χ2v) is 4.83. The van der Waals surface area contributed by atoms with Crippen molar-refractivity contribution in [3.8, 4) is 0 Å². The standard InChI is InChI=1S/C11H16BrN/c1-4-11(2,3)8-5-6-10(13)9(12)7-8/h5-7H,4,13H2,1-3H3. The minimum atomic E-state index is 0.232. The highest BCUT2D eigenvalue weighted by molar-refractivity contribution is 9.10. The van der Waals surface area contributed by atoms with E-state index in [1.807, 2.05) is 6.07 Å². The summed E-state index contributed by atoms with van der Waals surface area (Å²) in [5.41, 5.74) is 8.09. The maximum absolute atomic E-state index is 5.73. The minimum absolute atomic E-state index is 0.232. The summed E-state index contributed by atoms with van der Waals surface area (Å²) in [6.07, 6.45) is 1.13. The molecule has 0 amide bonds. The summed E-state index contributed by atoms with van der Waals surface area (Å²) in [5, 5.41) is 0. The minimum Gasteiger partial charge on any atom is -0.398 e. The van der Waals surface area contributed by atoms with E-state index in [2.05, 4.69) is 48.8 Å². The molecule has 72 valence electrons. The fourth-order valence-electron chi connectivity index (χ4n) is 1.15. The van der Waals surface area contributed by atoms with Crippen molar-refractivity contribution in [2.24, 2.45) is 0 Å². The van der Waals surface area contributed by atoms with E-state index < -0.39 is 0 Å². The molecule has 0 aliphatic rings. The fraction of sp³-hybridized carbons (Fsp3) is 0.455. The number of hydrogen-bond acceptors (Lipinski definition) is 1. The van der Waals surface area contributed by atoms with E-state index in [4.69, 9.17) is 5.73 Å². The molecular weight excluding hydrogens is 226 g/mol. The van der Waals surface area contributed by atoms with Crippen LogP contribution in [0, 0.1) is 0 Å². The van der Waals surface area contributed by atoms with Gasteiger partial charge in [-0.3, -0.25) is 0 Å². The average Bonchev–Trinajstić information content (AvgIpc) is 2.09. The molecule has 0 unspecified atom stereocenters. The first-order chi connectivity index (χ1) is 5.97. The van der Waals surface area contributed by atoms with Crippen LogP contribution in [0.25, 0.3) is 0 Å². The second-order valence-electron chi connectivity index (χ2n) is 3.97. The number of nitrogens with two attached hydrogens (primary N) is 1. The quantitative estimate of drug-likeness (QED) is 0.786. The predicted molar refractivity (Wildman–Crippen MR) is 61.9 cm³/mol. The molecule has 0 aliphatic heterocycles. The molecule has 1 aromatic rings. The summed E-state index contributed by atoms with van der Waals surface area (Å²) in [6.45, 7) is 6.68. The summed E-state index contributed by atoms with van der Waals surface area (Å²) < 4.78 is 0.992. The smallest absolute Gasteiger partial charge is 0.0458 e. The molecule has 0 heterocycles. The van der Waals surface area contributed by atoms with Crippen LogP contribution in [0.2, 0.25) is 0 Å². The molecule has 2 N–H and O–H groups in total. The van der Waals surface area contributed by atoms with Crippen molar-refractivity contribution in [3.05, 3.63) is 28.2 Å². The molecule has 0 atom stereocenters. The topological polar surface area (TPSA) is 26.0 Å². The lowest BCUT2D eigenvalue weighted by molar-refractivity contribution is 0.506. The predicted octanol–water partition coefficient (Wildman–Crippen LogP) is 3.72. The van der Waals surface area contributed by atoms with Crippen LogP contribution in [-0.2, 0) is 5.41 Å². The lowest BCUT2D eigenvalue weighted by atomic mass is 9.82. The Bertz CT molecular complexity index is 305. The van der Waals surface area contributed by atoms with Gasteiger partial charge in [-0.1, -0.05) is 26.8 Å². The highest BCUT2D eigenvalue weighted by atomic mass is 79.9. The molecule has 0 fully saturated rings. The summed E-state index contributed by atoms with van der Waals surface area (Å²) >= 11 is 3.44. The summed E-state index contributed by atoms with van der Waals surface area (Å²) in [7, 11) is 0. The molecule has 0 saturated carbocycles. The zero-order valence-electron chi connectivity index (χ0n) is 8.39. The van der Waals surface area contributed by atoms with Crippen molar-refractivity contribution in [1.82, 2.24) is 0 Å². The molecule has 0 aromatic heterocycles. The van der Waals surface area contributed by atoms with Gasteiger partial charge in [-0.05, 0) is 45.5 Å². The molecule has 0 radical (unpaired) electrons. The molecular formula is C11H16BrN. The van der Waals surface area contributed by atoms with Gasteiger partial charge in [-0.2, -0.15) is 0 Å². The largest absolute Gasteiger partial charge is 0.398 e. The number of benzene rings is 1. The van der Waals surface area contributed by atoms with Gasteiger partial charge in [-0.15, -0.1) is 0 Å². The van der Waals surface area contributed by atoms with Crippen molar-refractivity contribution in [2.75, 3.05) is 5.73 Å². The van der Waals surface area contributed by atoms with E-state index >= 15 is 0 Å². The van der Waals surface area contributed by atoms with Crippen LogP contribution >= 0.6 is 15.9 Å². The highest BCUT2D eigenvalue weighted by Gasteiger charge is 2.18. The van der Waals surface area contributed by atoms with Crippen LogP contribution in [0.1, 0.15) is 32.8 Å². The van der Waals surface area contributed by atoms with Gasteiger partial charge in [-0.25, -0.2) is 0 Å². The van der Waals surface area contributed by atoms with Gasteiger partial charge in [0.05, 0.1) is 0 Å². The van der Waals surface area contributed by atoms with Gasteiger partial charge < -0.3 is 5.73 Å². The number of halogens is 1. The third-order valence-corrected chi connectivity index (χ3v) is 3.35. The molecule has 2 heteroatoms. The van der Waals surface area contributed by atoms with Crippen LogP contribution in [0.15, 0.2) is 22.7 Å². The van der Waals surface area contributed by atoms with Gasteiger partial charge in [0.15, 0.2) is 0 Å². The van der Waals surface area contributed by atoms with E-state index in [0.29, 0.717) is 0 Å². The third kappa shape index (κ3) is 2.25. The van der Waals surface area contributed by atoms with Crippen molar-refractivity contribution in [2.45, 2.75) is 32.6 Å². The summed E-state index contributed by atoms with van der Waals surface area (Å²) in [5.74, 6) is 0. The lowest BCUT2D eigenvalue weighted by Gasteiger charge is -2.23. The number of hydrogen-bond donors (Lipinski definition) is 1. The molecule has 13 heavy (non-hydrogen) atoms. The molecule has 0 aliphatic carbocycles. The lowest BCUT2D eigenvalue weighted by Crippen LogP contribution is -2.15. The van der Waals surface area contributed by atoms with E-state index in [-0.39, 0.29) is 5.41 Å². The van der Waals surface area contributed by atoms with Crippen LogP contribution in [0.3, 0.4) is 0 Å². The average molecular weight is 242 g/mol. The molecule has 1 nitrogen and oxygen atoms in total. The van der Waals surface area contributed by atoms with E-state index in [9.17, 15) is 0 Å². The Morgan fingerprint density at radius 1 is 1.38 bits per heavy atom. The molecule has 0 bridgehead atoms. The summed E-state index contributed by atoms with van der Waals surface area (Å²) in [6, 6.07) is 6.17. The number of nitrogen functional groups attached to an aromatic ring is 1. The number of rotatable bonds is 2. The van der Waals surface area contributed by atoms with E-state index in [0.717, 1.165) is 16.6 Å². The zero-order valence-corrected chi connectivity index (χ0v) is 9.98. The Labute approximate surface area is 88.5 Å². The van der Waals surface area contributed by atoms with Gasteiger partial charge in [0, 0.05) is 10.2 Å². The third-order valence-electron chi connectivity index (χ3n) is 2.67. The maximum Gasteiger partial charge on any atom is 0.0458 e. The van der Waals surface area contributed by atoms with Crippen LogP contribution < -0.4 is 5.73 Å². The van der Waals surface area contributed by atoms with Gasteiger partial charge in [0.1, 0.15) is 0 Å². The van der Waals surface area contributed by atoms with Crippen molar-refractivity contribution >= 4 is 21.6 Å². The van der Waals surface area contributed by atoms with E-state index in [1.165, 1.54) is 5.56 Å². The van der Waals surface area contributed by atoms with E-state index in [1.54, 1.807) is 0 Å². The van der Waals surface area contributed by atoms with Crippen molar-refractivity contribution in [1.29, 1.82) is 0 Å². The SMILES string of the molecule is CCC(C)(C)c1ccc(N)c(Br)c1. The molecule has 0 saturated heterocycles. The molecule has 1 rings (SSSR count). The van der Waals surface area contributed by atoms with Crippen molar-refractivity contribution in [3.63, 3.8) is 0 Å². The second kappa shape index (κ2) is 3.70. The van der Waals surface area contributed by atoms with Crippen molar-refractivity contribution < 1.29 is 0 Å². The zero-order chi connectivity index (χ0) is 10.1. The Balaban J connectivity index is 3.10. The molecule has 1 aromatic carbocycles. The van der Waals surface area contributed by atoms with Crippen LogP contribution in [0.5, 0.6) is 0 Å². The fourth-order valence-corrected chi connectivity index (χ4v) is 1.53. The first-order valence-electron chi connectivity index (χ1n) is 4.53. The van der Waals surface area contributed by atoms with Crippen LogP contribution in [-0.4, -0.2) is 0 Å². The Morgan fingerprint density at radius 3 is 2.46 bits per heavy atom.